The van der Waals surface area contributed by atoms with Crippen LogP contribution in [0.5, 0.6) is 0 Å². The summed E-state index contributed by atoms with van der Waals surface area (Å²) in [5.74, 6) is -0.285. The van der Waals surface area contributed by atoms with Crippen LogP contribution in [0.2, 0.25) is 0 Å². The molecule has 2 rings (SSSR count). The first-order valence-corrected chi connectivity index (χ1v) is 7.54. The highest BCUT2D eigenvalue weighted by atomic mass is 32.2. The molecule has 2 aromatic rings. The molecule has 0 aliphatic heterocycles. The van der Waals surface area contributed by atoms with E-state index < -0.39 is 0 Å². The topological polar surface area (TPSA) is 60.3 Å². The molecule has 0 aliphatic rings. The monoisotopic (exact) mass is 306 g/mol. The third-order valence-corrected chi connectivity index (χ3v) is 3.21. The van der Waals surface area contributed by atoms with Gasteiger partial charge in [0, 0.05) is 12.6 Å². The zero-order valence-corrected chi connectivity index (χ0v) is 12.6. The van der Waals surface area contributed by atoms with E-state index in [0.717, 1.165) is 17.0 Å². The van der Waals surface area contributed by atoms with Crippen LogP contribution in [0.1, 0.15) is 17.0 Å². The molecule has 0 N–H and O–H groups in total. The Kier molecular flexibility index (Phi) is 5.62. The number of aryl methyl sites for hydroxylation is 1. The Hall–Kier alpha value is -2.02. The van der Waals surface area contributed by atoms with Crippen molar-refractivity contribution in [2.45, 2.75) is 25.1 Å². The minimum absolute atomic E-state index is 0.228. The third kappa shape index (κ3) is 4.78. The summed E-state index contributed by atoms with van der Waals surface area (Å²) in [5, 5.41) is 12.4. The number of halogens is 1. The van der Waals surface area contributed by atoms with Crippen LogP contribution in [0, 0.1) is 12.7 Å². The average molecular weight is 306 g/mol. The number of rotatable bonds is 6. The molecule has 7 heteroatoms. The highest BCUT2D eigenvalue weighted by Crippen LogP contribution is 2.09. The van der Waals surface area contributed by atoms with Crippen molar-refractivity contribution in [2.24, 2.45) is 5.16 Å². The van der Waals surface area contributed by atoms with Crippen LogP contribution in [0.4, 0.5) is 4.39 Å². The summed E-state index contributed by atoms with van der Waals surface area (Å²) in [7, 11) is 0. The molecule has 0 saturated heterocycles. The first-order valence-electron chi connectivity index (χ1n) is 6.31. The maximum atomic E-state index is 13.0. The Labute approximate surface area is 126 Å². The Morgan fingerprint density at radius 3 is 3.00 bits per heavy atom. The van der Waals surface area contributed by atoms with Crippen molar-refractivity contribution >= 4 is 18.0 Å². The van der Waals surface area contributed by atoms with Gasteiger partial charge in [-0.25, -0.2) is 9.37 Å². The van der Waals surface area contributed by atoms with Gasteiger partial charge < -0.3 is 4.84 Å². The van der Waals surface area contributed by atoms with E-state index in [1.807, 2.05) is 13.2 Å². The first kappa shape index (κ1) is 15.4. The first-order chi connectivity index (χ1) is 10.2. The van der Waals surface area contributed by atoms with Crippen LogP contribution >= 0.6 is 11.8 Å². The van der Waals surface area contributed by atoms with E-state index >= 15 is 0 Å². The number of nitrogens with zero attached hydrogens (tertiary/aromatic N) is 4. The van der Waals surface area contributed by atoms with E-state index in [1.54, 1.807) is 18.3 Å². The molecule has 0 amide bonds. The maximum absolute atomic E-state index is 13.0. The SMILES string of the molecule is CSc1nnc(C)c(CC=NOCc2cccc(F)c2)n1. The molecule has 0 saturated carbocycles. The maximum Gasteiger partial charge on any atom is 0.209 e. The molecule has 0 bridgehead atoms. The molecular weight excluding hydrogens is 291 g/mol. The van der Waals surface area contributed by atoms with Crippen LogP contribution in [-0.2, 0) is 17.9 Å². The van der Waals surface area contributed by atoms with Gasteiger partial charge in [0.05, 0.1) is 11.4 Å². The number of hydrogen-bond acceptors (Lipinski definition) is 6. The minimum atomic E-state index is -0.285. The molecule has 0 fully saturated rings. The van der Waals surface area contributed by atoms with Crippen molar-refractivity contribution in [1.82, 2.24) is 15.2 Å². The van der Waals surface area contributed by atoms with E-state index in [4.69, 9.17) is 4.84 Å². The lowest BCUT2D eigenvalue weighted by molar-refractivity contribution is 0.131. The van der Waals surface area contributed by atoms with Gasteiger partial charge in [-0.2, -0.15) is 5.10 Å². The van der Waals surface area contributed by atoms with Crippen LogP contribution in [0.25, 0.3) is 0 Å². The lowest BCUT2D eigenvalue weighted by Gasteiger charge is -2.02. The van der Waals surface area contributed by atoms with Crippen molar-refractivity contribution in [2.75, 3.05) is 6.26 Å². The largest absolute Gasteiger partial charge is 0.391 e. The predicted octanol–water partition coefficient (Wildman–Crippen LogP) is 2.79. The van der Waals surface area contributed by atoms with Gasteiger partial charge in [-0.15, -0.1) is 5.10 Å². The normalized spacial score (nSPS) is 11.0. The zero-order chi connectivity index (χ0) is 15.1. The van der Waals surface area contributed by atoms with Gasteiger partial charge in [-0.3, -0.25) is 0 Å². The number of benzene rings is 1. The smallest absolute Gasteiger partial charge is 0.209 e. The Balaban J connectivity index is 1.85. The highest BCUT2D eigenvalue weighted by molar-refractivity contribution is 7.98. The van der Waals surface area contributed by atoms with E-state index in [-0.39, 0.29) is 12.4 Å². The van der Waals surface area contributed by atoms with Gasteiger partial charge in [0.1, 0.15) is 12.4 Å². The van der Waals surface area contributed by atoms with Gasteiger partial charge in [0.25, 0.3) is 0 Å². The fourth-order valence-electron chi connectivity index (χ4n) is 1.59. The van der Waals surface area contributed by atoms with E-state index in [0.29, 0.717) is 11.6 Å². The Bertz CT molecular complexity index is 636. The molecule has 0 radical (unpaired) electrons. The molecule has 0 aliphatic carbocycles. The lowest BCUT2D eigenvalue weighted by Crippen LogP contribution is -2.02. The van der Waals surface area contributed by atoms with Gasteiger partial charge in [-0.05, 0) is 30.9 Å². The van der Waals surface area contributed by atoms with E-state index in [2.05, 4.69) is 20.3 Å². The summed E-state index contributed by atoms with van der Waals surface area (Å²) in [5.41, 5.74) is 2.31. The van der Waals surface area contributed by atoms with Crippen LogP contribution < -0.4 is 0 Å². The number of oxime groups is 1. The number of aromatic nitrogens is 3. The van der Waals surface area contributed by atoms with E-state index in [1.165, 1.54) is 23.9 Å². The molecule has 0 atom stereocenters. The lowest BCUT2D eigenvalue weighted by atomic mass is 10.2. The molecule has 21 heavy (non-hydrogen) atoms. The fourth-order valence-corrected chi connectivity index (χ4v) is 1.91. The molecule has 5 nitrogen and oxygen atoms in total. The summed E-state index contributed by atoms with van der Waals surface area (Å²) in [4.78, 5) is 9.48. The fraction of sp³-hybridized carbons (Fsp3) is 0.286. The standard InChI is InChI=1S/C14H15FN4OS/c1-10-13(17-14(21-2)19-18-10)6-7-16-20-9-11-4-3-5-12(15)8-11/h3-5,7-8H,6,9H2,1-2H3. The molecule has 110 valence electrons. The van der Waals surface area contributed by atoms with E-state index in [9.17, 15) is 4.39 Å². The quantitative estimate of drug-likeness (QED) is 0.466. The van der Waals surface area contributed by atoms with Crippen LogP contribution in [-0.4, -0.2) is 27.7 Å². The van der Waals surface area contributed by atoms with Crippen molar-refractivity contribution < 1.29 is 9.23 Å². The summed E-state index contributed by atoms with van der Waals surface area (Å²) >= 11 is 1.44. The predicted molar refractivity (Wildman–Crippen MR) is 79.7 cm³/mol. The van der Waals surface area contributed by atoms with Crippen LogP contribution in [0.15, 0.2) is 34.6 Å². The van der Waals surface area contributed by atoms with Crippen molar-refractivity contribution in [3.05, 3.63) is 47.0 Å². The molecule has 1 aromatic carbocycles. The second-order valence-electron chi connectivity index (χ2n) is 4.23. The summed E-state index contributed by atoms with van der Waals surface area (Å²) in [6, 6.07) is 6.22. The van der Waals surface area contributed by atoms with Gasteiger partial charge >= 0.3 is 0 Å². The molecule has 1 heterocycles. The average Bonchev–Trinajstić information content (AvgIpc) is 2.49. The molecular formula is C14H15FN4OS. The van der Waals surface area contributed by atoms with Gasteiger partial charge in [-0.1, -0.05) is 29.1 Å². The molecule has 0 unspecified atom stereocenters. The van der Waals surface area contributed by atoms with Gasteiger partial charge in [0.2, 0.25) is 5.16 Å². The van der Waals surface area contributed by atoms with Crippen molar-refractivity contribution in [3.8, 4) is 0 Å². The minimum Gasteiger partial charge on any atom is -0.391 e. The van der Waals surface area contributed by atoms with Crippen LogP contribution in [0.3, 0.4) is 0 Å². The molecule has 0 spiro atoms. The van der Waals surface area contributed by atoms with Gasteiger partial charge in [0.15, 0.2) is 0 Å². The third-order valence-electron chi connectivity index (χ3n) is 2.67. The van der Waals surface area contributed by atoms with Crippen molar-refractivity contribution in [3.63, 3.8) is 0 Å². The summed E-state index contributed by atoms with van der Waals surface area (Å²) in [6.07, 6.45) is 4.02. The summed E-state index contributed by atoms with van der Waals surface area (Å²) in [6.45, 7) is 2.08. The number of thioether (sulfide) groups is 1. The molecule has 1 aromatic heterocycles. The summed E-state index contributed by atoms with van der Waals surface area (Å²) < 4.78 is 13.0. The Morgan fingerprint density at radius 2 is 2.24 bits per heavy atom. The second-order valence-corrected chi connectivity index (χ2v) is 5.00. The highest BCUT2D eigenvalue weighted by Gasteiger charge is 2.03. The zero-order valence-electron chi connectivity index (χ0n) is 11.8. The second kappa shape index (κ2) is 7.68. The Morgan fingerprint density at radius 1 is 1.38 bits per heavy atom. The van der Waals surface area contributed by atoms with Crippen molar-refractivity contribution in [1.29, 1.82) is 0 Å². The number of hydrogen-bond donors (Lipinski definition) is 0.